The van der Waals surface area contributed by atoms with E-state index in [4.69, 9.17) is 4.74 Å². The summed E-state index contributed by atoms with van der Waals surface area (Å²) < 4.78 is 31.0. The lowest BCUT2D eigenvalue weighted by molar-refractivity contribution is -0.123. The summed E-state index contributed by atoms with van der Waals surface area (Å²) in [5, 5.41) is 2.67. The molecule has 0 radical (unpaired) electrons. The van der Waals surface area contributed by atoms with Crippen molar-refractivity contribution >= 4 is 33.3 Å². The largest absolute Gasteiger partial charge is 0.449 e. The Kier molecular flexibility index (Phi) is 6.76. The maximum atomic E-state index is 12.3. The van der Waals surface area contributed by atoms with E-state index in [-0.39, 0.29) is 10.5 Å². The van der Waals surface area contributed by atoms with Gasteiger partial charge in [-0.05, 0) is 56.4 Å². The number of rotatable bonds is 7. The zero-order valence-corrected chi connectivity index (χ0v) is 16.9. The minimum absolute atomic E-state index is 0.0336. The summed E-state index contributed by atoms with van der Waals surface area (Å²) in [6, 6.07) is 12.6. The Balaban J connectivity index is 2.03. The second kappa shape index (κ2) is 8.85. The van der Waals surface area contributed by atoms with E-state index in [0.717, 1.165) is 5.69 Å². The standard InChI is InChI=1S/C19H23N3O5S/c1-13(18(23)21-15-8-10-16(11-9-15)22(3)4)27-19(24)14-6-5-7-17(12-14)28(25,26)20-2/h5-13,20H,1-4H3,(H,21,23)/t13-/m0/s1. The van der Waals surface area contributed by atoms with Gasteiger partial charge >= 0.3 is 5.97 Å². The Morgan fingerprint density at radius 3 is 2.29 bits per heavy atom. The Morgan fingerprint density at radius 2 is 1.71 bits per heavy atom. The van der Waals surface area contributed by atoms with Crippen molar-refractivity contribution in [3.8, 4) is 0 Å². The predicted molar refractivity (Wildman–Crippen MR) is 107 cm³/mol. The van der Waals surface area contributed by atoms with Gasteiger partial charge in [-0.25, -0.2) is 17.9 Å². The zero-order chi connectivity index (χ0) is 20.9. The quantitative estimate of drug-likeness (QED) is 0.681. The van der Waals surface area contributed by atoms with Crippen molar-refractivity contribution < 1.29 is 22.7 Å². The number of amides is 1. The molecule has 0 aliphatic rings. The third-order valence-corrected chi connectivity index (χ3v) is 5.37. The molecule has 0 aliphatic carbocycles. The molecule has 150 valence electrons. The summed E-state index contributed by atoms with van der Waals surface area (Å²) in [5.41, 5.74) is 1.58. The Hall–Kier alpha value is -2.91. The summed E-state index contributed by atoms with van der Waals surface area (Å²) >= 11 is 0. The van der Waals surface area contributed by atoms with Crippen LogP contribution in [0.2, 0.25) is 0 Å². The fourth-order valence-electron chi connectivity index (χ4n) is 2.28. The van der Waals surface area contributed by atoms with Crippen molar-refractivity contribution in [3.63, 3.8) is 0 Å². The first kappa shape index (κ1) is 21.4. The SMILES string of the molecule is CNS(=O)(=O)c1cccc(C(=O)O[C@@H](C)C(=O)Nc2ccc(N(C)C)cc2)c1. The molecule has 0 aliphatic heterocycles. The summed E-state index contributed by atoms with van der Waals surface area (Å²) in [5.74, 6) is -1.29. The molecule has 2 aromatic carbocycles. The molecular formula is C19H23N3O5S. The molecular weight excluding hydrogens is 382 g/mol. The number of nitrogens with zero attached hydrogens (tertiary/aromatic N) is 1. The van der Waals surface area contributed by atoms with Gasteiger partial charge in [-0.1, -0.05) is 6.07 Å². The molecule has 9 heteroatoms. The van der Waals surface area contributed by atoms with E-state index >= 15 is 0 Å². The maximum absolute atomic E-state index is 12.3. The summed E-state index contributed by atoms with van der Waals surface area (Å²) in [6.45, 7) is 1.44. The minimum Gasteiger partial charge on any atom is -0.449 e. The number of carbonyl (C=O) groups is 2. The lowest BCUT2D eigenvalue weighted by Gasteiger charge is -2.15. The van der Waals surface area contributed by atoms with Crippen LogP contribution in [0.15, 0.2) is 53.4 Å². The van der Waals surface area contributed by atoms with Crippen LogP contribution in [0.3, 0.4) is 0 Å². The Morgan fingerprint density at radius 1 is 1.07 bits per heavy atom. The van der Waals surface area contributed by atoms with Crippen molar-refractivity contribution in [2.75, 3.05) is 31.4 Å². The summed E-state index contributed by atoms with van der Waals surface area (Å²) in [6.07, 6.45) is -1.06. The minimum atomic E-state index is -3.69. The van der Waals surface area contributed by atoms with Gasteiger partial charge in [0.2, 0.25) is 10.0 Å². The van der Waals surface area contributed by atoms with Crippen molar-refractivity contribution in [1.82, 2.24) is 4.72 Å². The van der Waals surface area contributed by atoms with Crippen molar-refractivity contribution in [3.05, 3.63) is 54.1 Å². The molecule has 0 heterocycles. The number of carbonyl (C=O) groups excluding carboxylic acids is 2. The van der Waals surface area contributed by atoms with Crippen LogP contribution in [0.25, 0.3) is 0 Å². The second-order valence-electron chi connectivity index (χ2n) is 6.21. The van der Waals surface area contributed by atoms with E-state index in [1.807, 2.05) is 31.1 Å². The number of sulfonamides is 1. The van der Waals surface area contributed by atoms with Gasteiger partial charge in [0, 0.05) is 25.5 Å². The molecule has 1 atom stereocenters. The lowest BCUT2D eigenvalue weighted by Crippen LogP contribution is -2.30. The highest BCUT2D eigenvalue weighted by molar-refractivity contribution is 7.89. The normalized spacial score (nSPS) is 12.1. The molecule has 2 N–H and O–H groups in total. The van der Waals surface area contributed by atoms with Crippen LogP contribution in [-0.4, -0.2) is 47.5 Å². The number of hydrogen-bond acceptors (Lipinski definition) is 6. The van der Waals surface area contributed by atoms with Crippen LogP contribution in [0.4, 0.5) is 11.4 Å². The topological polar surface area (TPSA) is 105 Å². The Labute approximate surface area is 164 Å². The highest BCUT2D eigenvalue weighted by Crippen LogP contribution is 2.17. The predicted octanol–water partition coefficient (Wildman–Crippen LogP) is 1.84. The molecule has 2 rings (SSSR count). The molecule has 0 saturated carbocycles. The highest BCUT2D eigenvalue weighted by atomic mass is 32.2. The van der Waals surface area contributed by atoms with E-state index < -0.39 is 28.0 Å². The van der Waals surface area contributed by atoms with Crippen molar-refractivity contribution in [2.45, 2.75) is 17.9 Å². The zero-order valence-electron chi connectivity index (χ0n) is 16.1. The van der Waals surface area contributed by atoms with Gasteiger partial charge < -0.3 is 15.0 Å². The van der Waals surface area contributed by atoms with Crippen LogP contribution in [-0.2, 0) is 19.6 Å². The molecule has 0 saturated heterocycles. The van der Waals surface area contributed by atoms with Crippen LogP contribution in [0.1, 0.15) is 17.3 Å². The van der Waals surface area contributed by atoms with Gasteiger partial charge in [-0.2, -0.15) is 0 Å². The molecule has 1 amide bonds. The molecule has 28 heavy (non-hydrogen) atoms. The number of benzene rings is 2. The number of nitrogens with one attached hydrogen (secondary N) is 2. The van der Waals surface area contributed by atoms with Gasteiger partial charge in [-0.3, -0.25) is 4.79 Å². The van der Waals surface area contributed by atoms with Crippen molar-refractivity contribution in [1.29, 1.82) is 0 Å². The van der Waals surface area contributed by atoms with E-state index in [0.29, 0.717) is 5.69 Å². The van der Waals surface area contributed by atoms with Crippen LogP contribution in [0.5, 0.6) is 0 Å². The van der Waals surface area contributed by atoms with E-state index in [1.165, 1.54) is 38.2 Å². The molecule has 2 aromatic rings. The molecule has 8 nitrogen and oxygen atoms in total. The van der Waals surface area contributed by atoms with Crippen LogP contribution >= 0.6 is 0 Å². The van der Waals surface area contributed by atoms with Gasteiger partial charge in [0.25, 0.3) is 5.91 Å². The van der Waals surface area contributed by atoms with E-state index in [9.17, 15) is 18.0 Å². The average Bonchev–Trinajstić information content (AvgIpc) is 2.68. The molecule has 0 unspecified atom stereocenters. The third-order valence-electron chi connectivity index (χ3n) is 3.95. The maximum Gasteiger partial charge on any atom is 0.338 e. The van der Waals surface area contributed by atoms with Crippen LogP contribution in [0, 0.1) is 0 Å². The third kappa shape index (κ3) is 5.30. The van der Waals surface area contributed by atoms with Gasteiger partial charge in [-0.15, -0.1) is 0 Å². The lowest BCUT2D eigenvalue weighted by atomic mass is 10.2. The molecule has 0 aromatic heterocycles. The van der Waals surface area contributed by atoms with Crippen LogP contribution < -0.4 is 14.9 Å². The number of anilines is 2. The smallest absolute Gasteiger partial charge is 0.338 e. The monoisotopic (exact) mass is 405 g/mol. The fourth-order valence-corrected chi connectivity index (χ4v) is 3.05. The number of ether oxygens (including phenoxy) is 1. The highest BCUT2D eigenvalue weighted by Gasteiger charge is 2.21. The van der Waals surface area contributed by atoms with E-state index in [2.05, 4.69) is 10.0 Å². The number of esters is 1. The van der Waals surface area contributed by atoms with Gasteiger partial charge in [0.05, 0.1) is 10.5 Å². The fraction of sp³-hybridized carbons (Fsp3) is 0.263. The first-order valence-corrected chi connectivity index (χ1v) is 9.95. The number of hydrogen-bond donors (Lipinski definition) is 2. The second-order valence-corrected chi connectivity index (χ2v) is 8.10. The first-order valence-electron chi connectivity index (χ1n) is 8.47. The first-order chi connectivity index (χ1) is 13.1. The molecule has 0 spiro atoms. The van der Waals surface area contributed by atoms with Gasteiger partial charge in [0.15, 0.2) is 6.10 Å². The van der Waals surface area contributed by atoms with E-state index in [1.54, 1.807) is 12.1 Å². The molecule has 0 bridgehead atoms. The Bertz CT molecular complexity index is 956. The summed E-state index contributed by atoms with van der Waals surface area (Å²) in [7, 11) is 1.40. The summed E-state index contributed by atoms with van der Waals surface area (Å²) in [4.78, 5) is 26.4. The average molecular weight is 405 g/mol. The van der Waals surface area contributed by atoms with Gasteiger partial charge in [0.1, 0.15) is 0 Å². The van der Waals surface area contributed by atoms with Crippen molar-refractivity contribution in [2.24, 2.45) is 0 Å². The molecule has 0 fully saturated rings.